The van der Waals surface area contributed by atoms with Crippen LogP contribution < -0.4 is 5.32 Å². The normalized spacial score (nSPS) is 14.4. The molecule has 124 valence electrons. The van der Waals surface area contributed by atoms with Crippen molar-refractivity contribution in [2.45, 2.75) is 6.54 Å². The summed E-state index contributed by atoms with van der Waals surface area (Å²) in [6, 6.07) is 7.15. The third-order valence-corrected chi connectivity index (χ3v) is 3.78. The summed E-state index contributed by atoms with van der Waals surface area (Å²) in [5.41, 5.74) is 1.81. The summed E-state index contributed by atoms with van der Waals surface area (Å²) in [4.78, 5) is 41.8. The largest absolute Gasteiger partial charge is 0.350 e. The lowest BCUT2D eigenvalue weighted by Crippen LogP contribution is -2.40. The molecule has 1 aliphatic rings. The molecule has 0 aliphatic carbocycles. The Balaban J connectivity index is 1.63. The summed E-state index contributed by atoms with van der Waals surface area (Å²) in [6.45, 7) is 0.0318. The SMILES string of the molecule is CN1CC(=O)N(CC(=O)NCc2ccccc2-n2ccnc2)C1=O. The minimum absolute atomic E-state index is 0.00950. The molecule has 0 radical (unpaired) electrons. The first kappa shape index (κ1) is 15.7. The van der Waals surface area contributed by atoms with Crippen LogP contribution in [-0.2, 0) is 16.1 Å². The van der Waals surface area contributed by atoms with Gasteiger partial charge in [0.2, 0.25) is 5.91 Å². The molecule has 8 heteroatoms. The first-order valence-electron chi connectivity index (χ1n) is 7.44. The molecule has 0 saturated carbocycles. The number of benzene rings is 1. The number of hydrogen-bond acceptors (Lipinski definition) is 4. The summed E-state index contributed by atoms with van der Waals surface area (Å²) in [6.07, 6.45) is 5.17. The van der Waals surface area contributed by atoms with E-state index >= 15 is 0 Å². The maximum Gasteiger partial charge on any atom is 0.327 e. The van der Waals surface area contributed by atoms with Crippen LogP contribution in [0.2, 0.25) is 0 Å². The van der Waals surface area contributed by atoms with E-state index in [-0.39, 0.29) is 24.9 Å². The molecule has 0 unspecified atom stereocenters. The molecule has 0 spiro atoms. The molecular formula is C16H17N5O3. The van der Waals surface area contributed by atoms with Gasteiger partial charge in [-0.15, -0.1) is 0 Å². The number of carbonyl (C=O) groups excluding carboxylic acids is 3. The molecule has 2 heterocycles. The van der Waals surface area contributed by atoms with Gasteiger partial charge in [0.05, 0.1) is 12.0 Å². The van der Waals surface area contributed by atoms with Crippen molar-refractivity contribution >= 4 is 17.8 Å². The Morgan fingerprint density at radius 1 is 1.29 bits per heavy atom. The van der Waals surface area contributed by atoms with Gasteiger partial charge < -0.3 is 14.8 Å². The van der Waals surface area contributed by atoms with Crippen molar-refractivity contribution in [3.63, 3.8) is 0 Å². The first-order chi connectivity index (χ1) is 11.6. The fourth-order valence-corrected chi connectivity index (χ4v) is 2.53. The highest BCUT2D eigenvalue weighted by Crippen LogP contribution is 2.14. The van der Waals surface area contributed by atoms with Gasteiger partial charge in [0.15, 0.2) is 0 Å². The van der Waals surface area contributed by atoms with E-state index in [0.717, 1.165) is 16.2 Å². The topological polar surface area (TPSA) is 87.5 Å². The van der Waals surface area contributed by atoms with Crippen molar-refractivity contribution in [3.05, 3.63) is 48.5 Å². The van der Waals surface area contributed by atoms with Gasteiger partial charge >= 0.3 is 6.03 Å². The van der Waals surface area contributed by atoms with Crippen LogP contribution in [0.25, 0.3) is 5.69 Å². The van der Waals surface area contributed by atoms with E-state index in [1.54, 1.807) is 12.5 Å². The van der Waals surface area contributed by atoms with Crippen molar-refractivity contribution in [2.24, 2.45) is 0 Å². The summed E-state index contributed by atoms with van der Waals surface area (Å²) >= 11 is 0. The first-order valence-corrected chi connectivity index (χ1v) is 7.44. The molecule has 1 fully saturated rings. The van der Waals surface area contributed by atoms with Gasteiger partial charge in [-0.1, -0.05) is 18.2 Å². The monoisotopic (exact) mass is 327 g/mol. The van der Waals surface area contributed by atoms with E-state index in [0.29, 0.717) is 6.54 Å². The second-order valence-corrected chi connectivity index (χ2v) is 5.49. The summed E-state index contributed by atoms with van der Waals surface area (Å²) < 4.78 is 1.85. The summed E-state index contributed by atoms with van der Waals surface area (Å²) in [5.74, 6) is -0.746. The maximum atomic E-state index is 12.1. The molecule has 0 atom stereocenters. The summed E-state index contributed by atoms with van der Waals surface area (Å²) in [5, 5.41) is 2.75. The van der Waals surface area contributed by atoms with Gasteiger partial charge in [-0.05, 0) is 11.6 Å². The Bertz CT molecular complexity index is 772. The zero-order valence-corrected chi connectivity index (χ0v) is 13.2. The summed E-state index contributed by atoms with van der Waals surface area (Å²) in [7, 11) is 1.53. The van der Waals surface area contributed by atoms with Crippen LogP contribution in [0.3, 0.4) is 0 Å². The van der Waals surface area contributed by atoms with Crippen LogP contribution in [0.4, 0.5) is 4.79 Å². The van der Waals surface area contributed by atoms with E-state index in [9.17, 15) is 14.4 Å². The number of nitrogens with zero attached hydrogens (tertiary/aromatic N) is 4. The lowest BCUT2D eigenvalue weighted by Gasteiger charge is -2.15. The zero-order chi connectivity index (χ0) is 17.1. The molecule has 2 aromatic rings. The molecule has 24 heavy (non-hydrogen) atoms. The lowest BCUT2D eigenvalue weighted by atomic mass is 10.1. The highest BCUT2D eigenvalue weighted by molar-refractivity contribution is 6.04. The number of carbonyl (C=O) groups is 3. The zero-order valence-electron chi connectivity index (χ0n) is 13.2. The number of hydrogen-bond donors (Lipinski definition) is 1. The van der Waals surface area contributed by atoms with Gasteiger partial charge in [0.1, 0.15) is 13.1 Å². The number of imide groups is 1. The average Bonchev–Trinajstić information content (AvgIpc) is 3.18. The number of nitrogens with one attached hydrogen (secondary N) is 1. The molecule has 1 aromatic heterocycles. The Hall–Kier alpha value is -3.16. The van der Waals surface area contributed by atoms with Crippen LogP contribution in [0, 0.1) is 0 Å². The van der Waals surface area contributed by atoms with E-state index in [2.05, 4.69) is 10.3 Å². The van der Waals surface area contributed by atoms with Gasteiger partial charge in [-0.2, -0.15) is 0 Å². The number of aromatic nitrogens is 2. The molecule has 0 bridgehead atoms. The Morgan fingerprint density at radius 2 is 2.08 bits per heavy atom. The van der Waals surface area contributed by atoms with Crippen molar-refractivity contribution in [1.29, 1.82) is 0 Å². The highest BCUT2D eigenvalue weighted by atomic mass is 16.2. The number of urea groups is 1. The van der Waals surface area contributed by atoms with Crippen LogP contribution in [0.15, 0.2) is 43.0 Å². The molecule has 1 N–H and O–H groups in total. The molecule has 1 aromatic carbocycles. The van der Waals surface area contributed by atoms with Gasteiger partial charge in [0, 0.05) is 26.0 Å². The van der Waals surface area contributed by atoms with Crippen molar-refractivity contribution < 1.29 is 14.4 Å². The van der Waals surface area contributed by atoms with E-state index in [1.165, 1.54) is 11.9 Å². The third kappa shape index (κ3) is 3.12. The Kier molecular flexibility index (Phi) is 4.28. The predicted octanol–water partition coefficient (Wildman–Crippen LogP) is 0.383. The molecule has 1 aliphatic heterocycles. The molecule has 4 amide bonds. The van der Waals surface area contributed by atoms with Crippen LogP contribution in [0.1, 0.15) is 5.56 Å². The van der Waals surface area contributed by atoms with E-state index < -0.39 is 6.03 Å². The van der Waals surface area contributed by atoms with E-state index in [1.807, 2.05) is 35.0 Å². The number of amides is 4. The molecule has 8 nitrogen and oxygen atoms in total. The predicted molar refractivity (Wildman–Crippen MR) is 85.1 cm³/mol. The minimum Gasteiger partial charge on any atom is -0.350 e. The highest BCUT2D eigenvalue weighted by Gasteiger charge is 2.34. The quantitative estimate of drug-likeness (QED) is 0.805. The van der Waals surface area contributed by atoms with Crippen molar-refractivity contribution in [3.8, 4) is 5.69 Å². The third-order valence-electron chi connectivity index (χ3n) is 3.78. The maximum absolute atomic E-state index is 12.1. The standard InChI is InChI=1S/C16H17N5O3/c1-19-10-15(23)21(16(19)24)9-14(22)18-8-12-4-2-3-5-13(12)20-7-6-17-11-20/h2-7,11H,8-10H2,1H3,(H,18,22). The minimum atomic E-state index is -0.450. The second kappa shape index (κ2) is 6.53. The lowest BCUT2D eigenvalue weighted by molar-refractivity contribution is -0.130. The van der Waals surface area contributed by atoms with Crippen molar-refractivity contribution in [2.75, 3.05) is 20.1 Å². The fourth-order valence-electron chi connectivity index (χ4n) is 2.53. The van der Waals surface area contributed by atoms with Crippen LogP contribution in [-0.4, -0.2) is 57.3 Å². The number of rotatable bonds is 5. The van der Waals surface area contributed by atoms with Crippen molar-refractivity contribution in [1.82, 2.24) is 24.7 Å². The fraction of sp³-hybridized carbons (Fsp3) is 0.250. The van der Waals surface area contributed by atoms with Crippen LogP contribution >= 0.6 is 0 Å². The van der Waals surface area contributed by atoms with Crippen LogP contribution in [0.5, 0.6) is 0 Å². The van der Waals surface area contributed by atoms with Gasteiger partial charge in [-0.25, -0.2) is 9.78 Å². The number of para-hydroxylation sites is 1. The molecular weight excluding hydrogens is 310 g/mol. The molecule has 1 saturated heterocycles. The Labute approximate surface area is 138 Å². The van der Waals surface area contributed by atoms with Gasteiger partial charge in [-0.3, -0.25) is 14.5 Å². The number of imidazole rings is 1. The smallest absolute Gasteiger partial charge is 0.327 e. The second-order valence-electron chi connectivity index (χ2n) is 5.49. The Morgan fingerprint density at radius 3 is 2.75 bits per heavy atom. The number of likely N-dealkylation sites (N-methyl/N-ethyl adjacent to an activating group) is 1. The van der Waals surface area contributed by atoms with Gasteiger partial charge in [0.25, 0.3) is 5.91 Å². The molecule has 3 rings (SSSR count). The van der Waals surface area contributed by atoms with E-state index in [4.69, 9.17) is 0 Å². The average molecular weight is 327 g/mol.